The van der Waals surface area contributed by atoms with E-state index in [1.165, 1.54) is 17.5 Å². The van der Waals surface area contributed by atoms with Gasteiger partial charge in [0.25, 0.3) is 5.91 Å². The number of aromatic nitrogens is 4. The Kier molecular flexibility index (Phi) is 6.18. The summed E-state index contributed by atoms with van der Waals surface area (Å²) in [5.74, 6) is 0.726. The topological polar surface area (TPSA) is 114 Å². The maximum atomic E-state index is 13.1. The number of methoxy groups -OCH3 is 1. The molecule has 5 rings (SSSR count). The number of rotatable bonds is 7. The molecule has 0 aliphatic carbocycles. The van der Waals surface area contributed by atoms with Crippen molar-refractivity contribution in [1.29, 1.82) is 0 Å². The molecule has 35 heavy (non-hydrogen) atoms. The molecular weight excluding hydrogens is 466 g/mol. The van der Waals surface area contributed by atoms with E-state index in [0.717, 1.165) is 23.5 Å². The molecule has 1 saturated heterocycles. The third-order valence-corrected chi connectivity index (χ3v) is 6.94. The minimum atomic E-state index is -0.311. The van der Waals surface area contributed by atoms with Crippen molar-refractivity contribution in [2.75, 3.05) is 37.4 Å². The molecule has 0 aromatic carbocycles. The molecule has 0 bridgehead atoms. The lowest BCUT2D eigenvalue weighted by atomic mass is 10.0. The van der Waals surface area contributed by atoms with Crippen LogP contribution in [0.2, 0.25) is 0 Å². The van der Waals surface area contributed by atoms with Gasteiger partial charge in [0.05, 0.1) is 59.1 Å². The number of nitrogens with one attached hydrogen (secondary N) is 2. The average molecular weight is 492 g/mol. The van der Waals surface area contributed by atoms with Gasteiger partial charge in [0.15, 0.2) is 0 Å². The number of ether oxygens (including phenoxy) is 1. The molecular formula is C24H25N7O3S. The van der Waals surface area contributed by atoms with Gasteiger partial charge in [-0.25, -0.2) is 9.50 Å². The van der Waals surface area contributed by atoms with E-state index in [9.17, 15) is 9.59 Å². The van der Waals surface area contributed by atoms with Gasteiger partial charge in [0, 0.05) is 25.5 Å². The first-order chi connectivity index (χ1) is 16.9. The third kappa shape index (κ3) is 4.73. The van der Waals surface area contributed by atoms with Crippen LogP contribution in [0.5, 0.6) is 5.88 Å². The molecule has 1 fully saturated rings. The van der Waals surface area contributed by atoms with Crippen LogP contribution in [0.15, 0.2) is 43.0 Å². The number of amides is 2. The van der Waals surface area contributed by atoms with Crippen molar-refractivity contribution in [2.45, 2.75) is 13.8 Å². The Bertz CT molecular complexity index is 1410. The van der Waals surface area contributed by atoms with Crippen LogP contribution >= 0.6 is 11.3 Å². The predicted octanol–water partition coefficient (Wildman–Crippen LogP) is 3.31. The lowest BCUT2D eigenvalue weighted by molar-refractivity contribution is -0.118. The smallest absolute Gasteiger partial charge is 0.260 e. The van der Waals surface area contributed by atoms with Gasteiger partial charge in [-0.3, -0.25) is 19.5 Å². The molecule has 180 valence electrons. The van der Waals surface area contributed by atoms with Crippen LogP contribution in [0.25, 0.3) is 15.3 Å². The highest BCUT2D eigenvalue weighted by atomic mass is 32.1. The molecule has 0 unspecified atom stereocenters. The summed E-state index contributed by atoms with van der Waals surface area (Å²) in [6.45, 7) is 6.16. The van der Waals surface area contributed by atoms with E-state index in [1.807, 2.05) is 18.3 Å². The number of aryl methyl sites for hydroxylation is 1. The summed E-state index contributed by atoms with van der Waals surface area (Å²) in [5.41, 5.74) is 2.96. The van der Waals surface area contributed by atoms with E-state index < -0.39 is 0 Å². The van der Waals surface area contributed by atoms with Gasteiger partial charge < -0.3 is 15.4 Å². The molecule has 0 atom stereocenters. The summed E-state index contributed by atoms with van der Waals surface area (Å²) < 4.78 is 7.03. The number of hydrogen-bond acceptors (Lipinski definition) is 8. The van der Waals surface area contributed by atoms with Gasteiger partial charge in [0.2, 0.25) is 11.8 Å². The van der Waals surface area contributed by atoms with Crippen molar-refractivity contribution in [3.05, 3.63) is 54.2 Å². The number of fused-ring (bicyclic) bond motifs is 1. The summed E-state index contributed by atoms with van der Waals surface area (Å²) in [6, 6.07) is 5.46. The Morgan fingerprint density at radius 2 is 2.06 bits per heavy atom. The minimum absolute atomic E-state index is 0.102. The molecule has 2 N–H and O–H groups in total. The average Bonchev–Trinajstić information content (AvgIpc) is 3.41. The second kappa shape index (κ2) is 9.43. The molecule has 1 aliphatic heterocycles. The monoisotopic (exact) mass is 491 g/mol. The van der Waals surface area contributed by atoms with Gasteiger partial charge >= 0.3 is 0 Å². The zero-order valence-electron chi connectivity index (χ0n) is 19.6. The first-order valence-corrected chi connectivity index (χ1v) is 12.0. The number of anilines is 2. The highest BCUT2D eigenvalue weighted by Crippen LogP contribution is 2.35. The number of pyridine rings is 2. The molecule has 4 aromatic heterocycles. The molecule has 2 amide bonds. The molecule has 1 aliphatic rings. The highest BCUT2D eigenvalue weighted by Gasteiger charge is 2.24. The van der Waals surface area contributed by atoms with Crippen molar-refractivity contribution in [3.8, 4) is 16.3 Å². The SMILES string of the molecule is COc1ncccc1-c1cn2ncc(C(=O)Nc3cc(NC(=O)CN4CC(C)C4)cnc3C)c2s1. The number of nitrogens with zero attached hydrogens (tertiary/aromatic N) is 5. The normalized spacial score (nSPS) is 14.0. The van der Waals surface area contributed by atoms with Gasteiger partial charge in [-0.1, -0.05) is 6.92 Å². The number of carbonyl (C=O) groups is 2. The van der Waals surface area contributed by atoms with E-state index in [4.69, 9.17) is 4.74 Å². The number of likely N-dealkylation sites (tertiary alicyclic amines) is 1. The minimum Gasteiger partial charge on any atom is -0.481 e. The summed E-state index contributed by atoms with van der Waals surface area (Å²) in [5, 5.41) is 10.1. The Labute approximate surface area is 206 Å². The van der Waals surface area contributed by atoms with Crippen molar-refractivity contribution in [1.82, 2.24) is 24.5 Å². The van der Waals surface area contributed by atoms with Gasteiger partial charge in [-0.05, 0) is 31.0 Å². The largest absolute Gasteiger partial charge is 0.481 e. The lowest BCUT2D eigenvalue weighted by Gasteiger charge is -2.36. The first-order valence-electron chi connectivity index (χ1n) is 11.2. The molecule has 5 heterocycles. The molecule has 4 aromatic rings. The van der Waals surface area contributed by atoms with E-state index in [0.29, 0.717) is 45.8 Å². The lowest BCUT2D eigenvalue weighted by Crippen LogP contribution is -2.48. The summed E-state index contributed by atoms with van der Waals surface area (Å²) in [7, 11) is 1.57. The quantitative estimate of drug-likeness (QED) is 0.408. The highest BCUT2D eigenvalue weighted by molar-refractivity contribution is 7.21. The van der Waals surface area contributed by atoms with Crippen LogP contribution < -0.4 is 15.4 Å². The van der Waals surface area contributed by atoms with Gasteiger partial charge in [0.1, 0.15) is 4.83 Å². The van der Waals surface area contributed by atoms with Crippen LogP contribution in [0.3, 0.4) is 0 Å². The third-order valence-electron chi connectivity index (χ3n) is 5.80. The first kappa shape index (κ1) is 22.9. The zero-order valence-corrected chi connectivity index (χ0v) is 20.4. The van der Waals surface area contributed by atoms with Crippen molar-refractivity contribution < 1.29 is 14.3 Å². The summed E-state index contributed by atoms with van der Waals surface area (Å²) in [4.78, 5) is 37.7. The molecule has 0 spiro atoms. The maximum Gasteiger partial charge on any atom is 0.260 e. The summed E-state index contributed by atoms with van der Waals surface area (Å²) >= 11 is 1.42. The van der Waals surface area contributed by atoms with Gasteiger partial charge in [-0.2, -0.15) is 5.10 Å². The Hall–Kier alpha value is -3.83. The Morgan fingerprint density at radius 1 is 1.23 bits per heavy atom. The molecule has 0 radical (unpaired) electrons. The van der Waals surface area contributed by atoms with Crippen molar-refractivity contribution in [3.63, 3.8) is 0 Å². The van der Waals surface area contributed by atoms with Crippen LogP contribution in [0.1, 0.15) is 23.0 Å². The van der Waals surface area contributed by atoms with E-state index in [2.05, 4.69) is 37.5 Å². The van der Waals surface area contributed by atoms with Gasteiger partial charge in [-0.15, -0.1) is 11.3 Å². The van der Waals surface area contributed by atoms with Crippen LogP contribution in [-0.4, -0.2) is 63.0 Å². The van der Waals surface area contributed by atoms with Crippen molar-refractivity contribution in [2.24, 2.45) is 5.92 Å². The fourth-order valence-corrected chi connectivity index (χ4v) is 5.16. The van der Waals surface area contributed by atoms with Crippen molar-refractivity contribution >= 4 is 39.4 Å². The predicted molar refractivity (Wildman–Crippen MR) is 134 cm³/mol. The fraction of sp³-hybridized carbons (Fsp3) is 0.292. The number of thiazole rings is 1. The molecule has 10 nitrogen and oxygen atoms in total. The molecule has 11 heteroatoms. The van der Waals surface area contributed by atoms with Crippen LogP contribution in [0.4, 0.5) is 11.4 Å². The van der Waals surface area contributed by atoms with Crippen LogP contribution in [-0.2, 0) is 4.79 Å². The Balaban J connectivity index is 1.33. The number of carbonyl (C=O) groups excluding carboxylic acids is 2. The standard InChI is InChI=1S/C24H25N7O3S/c1-14-10-30(11-14)13-21(32)28-16-7-19(15(2)26-8-16)29-22(33)18-9-27-31-12-20(35-24(18)31)17-5-4-6-25-23(17)34-3/h4-9,12,14H,10-11,13H2,1-3H3,(H,28,32)(H,29,33). The van der Waals surface area contributed by atoms with E-state index >= 15 is 0 Å². The Morgan fingerprint density at radius 3 is 2.83 bits per heavy atom. The van der Waals surface area contributed by atoms with E-state index in [1.54, 1.807) is 37.0 Å². The molecule has 0 saturated carbocycles. The van der Waals surface area contributed by atoms with E-state index in [-0.39, 0.29) is 11.8 Å². The second-order valence-electron chi connectivity index (χ2n) is 8.62. The van der Waals surface area contributed by atoms with Crippen LogP contribution in [0, 0.1) is 12.8 Å². The zero-order chi connectivity index (χ0) is 24.5. The summed E-state index contributed by atoms with van der Waals surface area (Å²) in [6.07, 6.45) is 6.64. The maximum absolute atomic E-state index is 13.1. The fourth-order valence-electron chi connectivity index (χ4n) is 4.09. The second-order valence-corrected chi connectivity index (χ2v) is 9.65. The number of hydrogen-bond donors (Lipinski definition) is 2.